The minimum atomic E-state index is 0.317. The zero-order chi connectivity index (χ0) is 14.9. The molecule has 2 N–H and O–H groups in total. The topological polar surface area (TPSA) is 95.7 Å². The van der Waals surface area contributed by atoms with Crippen LogP contribution in [-0.2, 0) is 6.42 Å². The van der Waals surface area contributed by atoms with Gasteiger partial charge in [-0.1, -0.05) is 30.3 Å². The molecule has 0 atom stereocenters. The predicted molar refractivity (Wildman–Crippen MR) is 80.4 cm³/mol. The van der Waals surface area contributed by atoms with Crippen molar-refractivity contribution in [1.82, 2.24) is 24.7 Å². The van der Waals surface area contributed by atoms with E-state index in [1.54, 1.807) is 0 Å². The van der Waals surface area contributed by atoms with Crippen LogP contribution in [0.25, 0.3) is 17.1 Å². The second-order valence-corrected chi connectivity index (χ2v) is 4.84. The van der Waals surface area contributed by atoms with Crippen LogP contribution in [0.1, 0.15) is 11.3 Å². The molecule has 0 fully saturated rings. The van der Waals surface area contributed by atoms with E-state index >= 15 is 0 Å². The fourth-order valence-corrected chi connectivity index (χ4v) is 2.29. The van der Waals surface area contributed by atoms with Crippen molar-refractivity contribution in [2.75, 3.05) is 5.73 Å². The lowest BCUT2D eigenvalue weighted by atomic mass is 10.1. The second-order valence-electron chi connectivity index (χ2n) is 4.84. The molecule has 0 saturated carbocycles. The van der Waals surface area contributed by atoms with Gasteiger partial charge in [-0.15, -0.1) is 0 Å². The van der Waals surface area contributed by atoms with Gasteiger partial charge in [0.25, 0.3) is 0 Å². The molecular formula is C15H12N6O. The Morgan fingerprint density at radius 1 is 1.14 bits per heavy atom. The summed E-state index contributed by atoms with van der Waals surface area (Å²) < 4.78 is 7.14. The van der Waals surface area contributed by atoms with Crippen molar-refractivity contribution >= 4 is 16.9 Å². The number of fused-ring (bicyclic) bond motifs is 1. The molecule has 7 nitrogen and oxygen atoms in total. The lowest BCUT2D eigenvalue weighted by Crippen LogP contribution is -1.98. The van der Waals surface area contributed by atoms with Gasteiger partial charge in [-0.2, -0.15) is 14.8 Å². The molecule has 0 unspecified atom stereocenters. The molecule has 3 heterocycles. The SMILES string of the molecule is Nc1nc(Cc2ccccc2)cc2oc(-n3cncn3)nc12. The van der Waals surface area contributed by atoms with E-state index < -0.39 is 0 Å². The Morgan fingerprint density at radius 2 is 2.00 bits per heavy atom. The largest absolute Gasteiger partial charge is 0.422 e. The number of pyridine rings is 1. The van der Waals surface area contributed by atoms with Gasteiger partial charge in [-0.25, -0.2) is 9.97 Å². The van der Waals surface area contributed by atoms with Crippen LogP contribution in [0.3, 0.4) is 0 Å². The van der Waals surface area contributed by atoms with Crippen molar-refractivity contribution in [2.45, 2.75) is 6.42 Å². The van der Waals surface area contributed by atoms with Crippen molar-refractivity contribution < 1.29 is 4.42 Å². The number of benzene rings is 1. The van der Waals surface area contributed by atoms with Gasteiger partial charge in [0.05, 0.1) is 5.69 Å². The number of nitrogens with zero attached hydrogens (tertiary/aromatic N) is 5. The number of nitrogens with two attached hydrogens (primary N) is 1. The van der Waals surface area contributed by atoms with Crippen LogP contribution in [0.2, 0.25) is 0 Å². The van der Waals surface area contributed by atoms with E-state index in [-0.39, 0.29) is 0 Å². The number of nitrogen functional groups attached to an aromatic ring is 1. The molecule has 0 bridgehead atoms. The fraction of sp³-hybridized carbons (Fsp3) is 0.0667. The van der Waals surface area contributed by atoms with E-state index in [9.17, 15) is 0 Å². The maximum atomic E-state index is 6.00. The summed E-state index contributed by atoms with van der Waals surface area (Å²) in [5, 5.41) is 3.99. The average Bonchev–Trinajstić information content (AvgIpc) is 3.17. The van der Waals surface area contributed by atoms with E-state index in [0.29, 0.717) is 29.4 Å². The first-order valence-corrected chi connectivity index (χ1v) is 6.74. The molecule has 4 rings (SSSR count). The van der Waals surface area contributed by atoms with Crippen LogP contribution in [0.4, 0.5) is 5.82 Å². The summed E-state index contributed by atoms with van der Waals surface area (Å²) in [6.45, 7) is 0. The minimum absolute atomic E-state index is 0.317. The minimum Gasteiger partial charge on any atom is -0.422 e. The second kappa shape index (κ2) is 4.96. The Labute approximate surface area is 125 Å². The third kappa shape index (κ3) is 2.18. The van der Waals surface area contributed by atoms with Crippen molar-refractivity contribution in [3.05, 3.63) is 60.3 Å². The molecule has 7 heteroatoms. The van der Waals surface area contributed by atoms with Gasteiger partial charge in [0.2, 0.25) is 0 Å². The quantitative estimate of drug-likeness (QED) is 0.620. The molecule has 0 aliphatic heterocycles. The van der Waals surface area contributed by atoms with Gasteiger partial charge in [0.1, 0.15) is 12.7 Å². The molecule has 0 saturated heterocycles. The summed E-state index contributed by atoms with van der Waals surface area (Å²) >= 11 is 0. The molecule has 3 aromatic heterocycles. The van der Waals surface area contributed by atoms with Crippen molar-refractivity contribution in [3.8, 4) is 6.01 Å². The van der Waals surface area contributed by atoms with Crippen LogP contribution >= 0.6 is 0 Å². The summed E-state index contributed by atoms with van der Waals surface area (Å²) in [7, 11) is 0. The molecule has 4 aromatic rings. The predicted octanol–water partition coefficient (Wildman–Crippen LogP) is 1.98. The summed E-state index contributed by atoms with van der Waals surface area (Å²) in [4.78, 5) is 12.6. The van der Waals surface area contributed by atoms with Gasteiger partial charge in [-0.3, -0.25) is 0 Å². The standard InChI is InChI=1S/C15H12N6O/c16-14-13-12(22-15(20-13)21-9-17-8-18-21)7-11(19-14)6-10-4-2-1-3-5-10/h1-5,7-9H,6H2,(H2,16,19). The van der Waals surface area contributed by atoms with Crippen LogP contribution in [0.5, 0.6) is 0 Å². The van der Waals surface area contributed by atoms with E-state index in [4.69, 9.17) is 10.2 Å². The Bertz CT molecular complexity index is 914. The monoisotopic (exact) mass is 292 g/mol. The molecule has 22 heavy (non-hydrogen) atoms. The Hall–Kier alpha value is -3.22. The highest BCUT2D eigenvalue weighted by Gasteiger charge is 2.13. The molecule has 108 valence electrons. The Morgan fingerprint density at radius 3 is 2.77 bits per heavy atom. The molecule has 0 radical (unpaired) electrons. The average molecular weight is 292 g/mol. The van der Waals surface area contributed by atoms with Gasteiger partial charge >= 0.3 is 6.01 Å². The van der Waals surface area contributed by atoms with Gasteiger partial charge < -0.3 is 10.2 Å². The third-order valence-corrected chi connectivity index (χ3v) is 3.29. The number of anilines is 1. The maximum Gasteiger partial charge on any atom is 0.325 e. The van der Waals surface area contributed by atoms with Gasteiger partial charge in [-0.05, 0) is 5.56 Å². The number of oxazole rings is 1. The zero-order valence-electron chi connectivity index (χ0n) is 11.5. The van der Waals surface area contributed by atoms with Crippen LogP contribution in [0, 0.1) is 0 Å². The van der Waals surface area contributed by atoms with E-state index in [1.165, 1.54) is 17.3 Å². The van der Waals surface area contributed by atoms with E-state index in [2.05, 4.69) is 20.1 Å². The van der Waals surface area contributed by atoms with Gasteiger partial charge in [0, 0.05) is 12.5 Å². The number of hydrogen-bond acceptors (Lipinski definition) is 6. The van der Waals surface area contributed by atoms with Crippen molar-refractivity contribution in [2.24, 2.45) is 0 Å². The lowest BCUT2D eigenvalue weighted by molar-refractivity contribution is 0.542. The van der Waals surface area contributed by atoms with Crippen LogP contribution in [0.15, 0.2) is 53.5 Å². The first-order chi connectivity index (χ1) is 10.8. The first kappa shape index (κ1) is 12.5. The lowest BCUT2D eigenvalue weighted by Gasteiger charge is -2.02. The Balaban J connectivity index is 1.76. The van der Waals surface area contributed by atoms with E-state index in [0.717, 1.165) is 11.3 Å². The van der Waals surface area contributed by atoms with E-state index in [1.807, 2.05) is 36.4 Å². The summed E-state index contributed by atoms with van der Waals surface area (Å²) in [5.74, 6) is 0.346. The van der Waals surface area contributed by atoms with Crippen molar-refractivity contribution in [3.63, 3.8) is 0 Å². The summed E-state index contributed by atoms with van der Waals surface area (Å²) in [6, 6.07) is 12.2. The normalized spacial score (nSPS) is 11.1. The highest BCUT2D eigenvalue weighted by Crippen LogP contribution is 2.23. The highest BCUT2D eigenvalue weighted by molar-refractivity contribution is 5.83. The molecule has 0 aliphatic carbocycles. The molecular weight excluding hydrogens is 280 g/mol. The molecule has 0 amide bonds. The van der Waals surface area contributed by atoms with Crippen LogP contribution < -0.4 is 5.73 Å². The van der Waals surface area contributed by atoms with Crippen molar-refractivity contribution in [1.29, 1.82) is 0 Å². The fourth-order valence-electron chi connectivity index (χ4n) is 2.29. The number of aromatic nitrogens is 5. The smallest absolute Gasteiger partial charge is 0.325 e. The van der Waals surface area contributed by atoms with Crippen LogP contribution in [-0.4, -0.2) is 24.7 Å². The third-order valence-electron chi connectivity index (χ3n) is 3.29. The summed E-state index contributed by atoms with van der Waals surface area (Å²) in [5.41, 5.74) is 9.10. The zero-order valence-corrected chi connectivity index (χ0v) is 11.5. The Kier molecular flexibility index (Phi) is 2.82. The highest BCUT2D eigenvalue weighted by atomic mass is 16.4. The van der Waals surface area contributed by atoms with Gasteiger partial charge in [0.15, 0.2) is 16.9 Å². The number of hydrogen-bond donors (Lipinski definition) is 1. The maximum absolute atomic E-state index is 6.00. The first-order valence-electron chi connectivity index (χ1n) is 6.74. The summed E-state index contributed by atoms with van der Waals surface area (Å²) in [6.07, 6.45) is 3.61. The molecule has 1 aromatic carbocycles. The molecule has 0 aliphatic rings. The number of rotatable bonds is 3. The molecule has 0 spiro atoms.